The molecule has 11 heteroatoms. The summed E-state index contributed by atoms with van der Waals surface area (Å²) in [7, 11) is 3.55. The van der Waals surface area contributed by atoms with Gasteiger partial charge in [-0.05, 0) is 0 Å². The number of aliphatic hydroxyl groups is 1. The first-order chi connectivity index (χ1) is 11.5. The Kier molecular flexibility index (Phi) is 6.64. The molecule has 0 bridgehead atoms. The highest BCUT2D eigenvalue weighted by Crippen LogP contribution is 2.31. The van der Waals surface area contributed by atoms with Gasteiger partial charge in [0.2, 0.25) is 5.91 Å². The van der Waals surface area contributed by atoms with Gasteiger partial charge >= 0.3 is 5.69 Å². The zero-order valence-corrected chi connectivity index (χ0v) is 14.2. The number of carbonyl (C=O) groups excluding carboxylic acids is 1. The maximum atomic E-state index is 12.0. The van der Waals surface area contributed by atoms with E-state index in [9.17, 15) is 19.5 Å². The Labute approximate surface area is 139 Å². The molecule has 3 N–H and O–H groups in total. The van der Waals surface area contributed by atoms with E-state index >= 15 is 0 Å². The van der Waals surface area contributed by atoms with E-state index in [0.29, 0.717) is 0 Å². The average molecular weight is 361 g/mol. The highest BCUT2D eigenvalue weighted by molar-refractivity contribution is 7.09. The number of nitrogens with one attached hydrogen (secondary N) is 2. The number of rotatable bonds is 7. The average Bonchev–Trinajstić information content (AvgIpc) is 2.84. The summed E-state index contributed by atoms with van der Waals surface area (Å²) in [6.45, 7) is 0.101. The Balaban J connectivity index is 2.19. The standard InChI is InChI=1S/C13H20N3O7P/c1-14-8(17)3-5-21-11-10(19)7(6-22-24)23-12(11)16-4-2-9(18)15-13(16)20/h2,4,7,10-12,19H,3,5-6,24H2,1H3,(H,14,17)(H,15,18,20)/t7-,10?,11+,12-/m1/s1. The molecule has 10 nitrogen and oxygen atoms in total. The van der Waals surface area contributed by atoms with Gasteiger partial charge < -0.3 is 24.4 Å². The molecular formula is C13H20N3O7P. The number of carbonyl (C=O) groups is 1. The van der Waals surface area contributed by atoms with Crippen LogP contribution in [0.15, 0.2) is 21.9 Å². The topological polar surface area (TPSA) is 132 Å². The fourth-order valence-corrected chi connectivity index (χ4v) is 2.58. The second kappa shape index (κ2) is 8.50. The normalized spacial score (nSPS) is 26.5. The van der Waals surface area contributed by atoms with Crippen molar-refractivity contribution in [1.29, 1.82) is 0 Å². The third-order valence-corrected chi connectivity index (χ3v) is 3.81. The number of aliphatic hydroxyl groups excluding tert-OH is 1. The van der Waals surface area contributed by atoms with Crippen molar-refractivity contribution in [3.63, 3.8) is 0 Å². The zero-order valence-electron chi connectivity index (χ0n) is 13.0. The molecule has 2 rings (SSSR count). The molecule has 1 amide bonds. The van der Waals surface area contributed by atoms with Crippen molar-refractivity contribution in [3.8, 4) is 0 Å². The highest BCUT2D eigenvalue weighted by Gasteiger charge is 2.45. The molecule has 134 valence electrons. The van der Waals surface area contributed by atoms with E-state index in [-0.39, 0.29) is 25.5 Å². The third-order valence-electron chi connectivity index (χ3n) is 3.62. The van der Waals surface area contributed by atoms with Gasteiger partial charge in [-0.15, -0.1) is 0 Å². The first-order valence-corrected chi connectivity index (χ1v) is 7.74. The van der Waals surface area contributed by atoms with Crippen LogP contribution in [0.5, 0.6) is 0 Å². The number of nitrogens with zero attached hydrogens (tertiary/aromatic N) is 1. The molecule has 5 atom stereocenters. The predicted molar refractivity (Wildman–Crippen MR) is 85.3 cm³/mol. The van der Waals surface area contributed by atoms with E-state index < -0.39 is 35.8 Å². The van der Waals surface area contributed by atoms with E-state index in [1.807, 2.05) is 9.47 Å². The number of H-pyrrole nitrogens is 1. The zero-order chi connectivity index (χ0) is 17.7. The van der Waals surface area contributed by atoms with Gasteiger partial charge in [0.1, 0.15) is 18.3 Å². The molecule has 1 aromatic rings. The molecule has 1 aliphatic heterocycles. The predicted octanol–water partition coefficient (Wildman–Crippen LogP) is -1.88. The summed E-state index contributed by atoms with van der Waals surface area (Å²) in [5, 5.41) is 12.8. The lowest BCUT2D eigenvalue weighted by Crippen LogP contribution is -2.39. The number of aromatic amines is 1. The number of hydrogen-bond acceptors (Lipinski definition) is 7. The first kappa shape index (κ1) is 18.8. The number of amides is 1. The summed E-state index contributed by atoms with van der Waals surface area (Å²) in [5.74, 6) is -0.217. The van der Waals surface area contributed by atoms with Crippen LogP contribution >= 0.6 is 9.47 Å². The Bertz CT molecular complexity index is 676. The van der Waals surface area contributed by atoms with Crippen molar-refractivity contribution in [2.75, 3.05) is 20.3 Å². The summed E-state index contributed by atoms with van der Waals surface area (Å²) in [5.41, 5.74) is -1.23. The van der Waals surface area contributed by atoms with Crippen LogP contribution < -0.4 is 16.6 Å². The highest BCUT2D eigenvalue weighted by atomic mass is 31.0. The second-order valence-electron chi connectivity index (χ2n) is 5.17. The molecule has 0 saturated carbocycles. The third kappa shape index (κ3) is 4.28. The van der Waals surface area contributed by atoms with Gasteiger partial charge in [-0.2, -0.15) is 0 Å². The Morgan fingerprint density at radius 1 is 1.54 bits per heavy atom. The summed E-state index contributed by atoms with van der Waals surface area (Å²) in [6, 6.07) is 1.16. The summed E-state index contributed by atoms with van der Waals surface area (Å²) in [4.78, 5) is 36.5. The van der Waals surface area contributed by atoms with Crippen molar-refractivity contribution in [1.82, 2.24) is 14.9 Å². The van der Waals surface area contributed by atoms with Gasteiger partial charge in [0.15, 0.2) is 6.23 Å². The van der Waals surface area contributed by atoms with Crippen molar-refractivity contribution in [2.45, 2.75) is 31.0 Å². The van der Waals surface area contributed by atoms with Gasteiger partial charge in [0.25, 0.3) is 5.56 Å². The van der Waals surface area contributed by atoms with E-state index in [1.165, 1.54) is 13.2 Å². The molecular weight excluding hydrogens is 341 g/mol. The van der Waals surface area contributed by atoms with Gasteiger partial charge in [0.05, 0.1) is 13.2 Å². The van der Waals surface area contributed by atoms with Crippen LogP contribution in [0.2, 0.25) is 0 Å². The van der Waals surface area contributed by atoms with Crippen molar-refractivity contribution >= 4 is 15.4 Å². The SMILES string of the molecule is CNC(=O)CCO[C@H]1C(O)[C@@H](COP)O[C@H]1n1ccc(=O)[nH]c1=O. The minimum absolute atomic E-state index is 0.0355. The van der Waals surface area contributed by atoms with Gasteiger partial charge in [-0.25, -0.2) is 4.79 Å². The maximum absolute atomic E-state index is 12.0. The van der Waals surface area contributed by atoms with Crippen LogP contribution in [0.4, 0.5) is 0 Å². The molecule has 1 fully saturated rings. The molecule has 0 aliphatic carbocycles. The summed E-state index contributed by atoms with van der Waals surface area (Å²) >= 11 is 0. The second-order valence-corrected chi connectivity index (χ2v) is 5.50. The Morgan fingerprint density at radius 3 is 2.92 bits per heavy atom. The van der Waals surface area contributed by atoms with E-state index in [0.717, 1.165) is 10.6 Å². The largest absolute Gasteiger partial charge is 0.387 e. The fraction of sp³-hybridized carbons (Fsp3) is 0.615. The van der Waals surface area contributed by atoms with Crippen LogP contribution in [-0.2, 0) is 18.8 Å². The molecule has 2 unspecified atom stereocenters. The Morgan fingerprint density at radius 2 is 2.29 bits per heavy atom. The monoisotopic (exact) mass is 361 g/mol. The smallest absolute Gasteiger partial charge is 0.330 e. The number of ether oxygens (including phenoxy) is 2. The lowest BCUT2D eigenvalue weighted by Gasteiger charge is -2.22. The summed E-state index contributed by atoms with van der Waals surface area (Å²) in [6.07, 6.45) is -2.30. The van der Waals surface area contributed by atoms with Crippen molar-refractivity contribution in [3.05, 3.63) is 33.1 Å². The van der Waals surface area contributed by atoms with Crippen molar-refractivity contribution < 1.29 is 23.9 Å². The van der Waals surface area contributed by atoms with E-state index in [4.69, 9.17) is 14.0 Å². The number of aromatic nitrogens is 2. The first-order valence-electron chi connectivity index (χ1n) is 7.26. The lowest BCUT2D eigenvalue weighted by atomic mass is 10.1. The molecule has 0 spiro atoms. The van der Waals surface area contributed by atoms with Crippen LogP contribution in [0, 0.1) is 0 Å². The van der Waals surface area contributed by atoms with Gasteiger partial charge in [-0.3, -0.25) is 19.1 Å². The molecule has 0 radical (unpaired) electrons. The maximum Gasteiger partial charge on any atom is 0.330 e. The van der Waals surface area contributed by atoms with Gasteiger partial charge in [-0.1, -0.05) is 0 Å². The van der Waals surface area contributed by atoms with E-state index in [2.05, 4.69) is 10.3 Å². The molecule has 0 aromatic carbocycles. The van der Waals surface area contributed by atoms with Crippen LogP contribution in [0.1, 0.15) is 12.6 Å². The van der Waals surface area contributed by atoms with Crippen LogP contribution in [-0.4, -0.2) is 59.1 Å². The fourth-order valence-electron chi connectivity index (χ4n) is 2.40. The molecule has 1 saturated heterocycles. The lowest BCUT2D eigenvalue weighted by molar-refractivity contribution is -0.124. The quantitative estimate of drug-likeness (QED) is 0.485. The van der Waals surface area contributed by atoms with E-state index in [1.54, 1.807) is 0 Å². The Hall–Kier alpha value is -1.58. The molecule has 2 heterocycles. The van der Waals surface area contributed by atoms with Crippen LogP contribution in [0.25, 0.3) is 0 Å². The molecule has 1 aliphatic rings. The summed E-state index contributed by atoms with van der Waals surface area (Å²) < 4.78 is 17.2. The van der Waals surface area contributed by atoms with Crippen LogP contribution in [0.3, 0.4) is 0 Å². The van der Waals surface area contributed by atoms with Crippen molar-refractivity contribution in [2.24, 2.45) is 0 Å². The minimum Gasteiger partial charge on any atom is -0.387 e. The molecule has 24 heavy (non-hydrogen) atoms. The van der Waals surface area contributed by atoms with Gasteiger partial charge in [0, 0.05) is 35.2 Å². The molecule has 1 aromatic heterocycles. The minimum atomic E-state index is -1.07. The number of hydrogen-bond donors (Lipinski definition) is 3.